The first-order chi connectivity index (χ1) is 10.9. The highest BCUT2D eigenvalue weighted by Crippen LogP contribution is 2.27. The molecule has 1 N–H and O–H groups in total. The van der Waals surface area contributed by atoms with Gasteiger partial charge in [0.1, 0.15) is 0 Å². The van der Waals surface area contributed by atoms with Crippen molar-refractivity contribution in [3.8, 4) is 0 Å². The van der Waals surface area contributed by atoms with Crippen molar-refractivity contribution in [2.24, 2.45) is 0 Å². The molecule has 126 valence electrons. The van der Waals surface area contributed by atoms with Gasteiger partial charge in [-0.1, -0.05) is 11.8 Å². The zero-order valence-corrected chi connectivity index (χ0v) is 13.3. The second-order valence-corrected chi connectivity index (χ2v) is 6.27. The molecule has 5 nitrogen and oxygen atoms in total. The van der Waals surface area contributed by atoms with Crippen LogP contribution in [0.1, 0.15) is 23.2 Å². The molecule has 1 aliphatic rings. The van der Waals surface area contributed by atoms with Crippen LogP contribution < -0.4 is 0 Å². The number of rotatable bonds is 6. The van der Waals surface area contributed by atoms with Crippen molar-refractivity contribution in [2.75, 3.05) is 13.7 Å². The van der Waals surface area contributed by atoms with E-state index >= 15 is 0 Å². The van der Waals surface area contributed by atoms with E-state index in [0.717, 1.165) is 0 Å². The van der Waals surface area contributed by atoms with Crippen LogP contribution in [0.15, 0.2) is 29.2 Å². The number of methoxy groups -OCH3 is 1. The minimum atomic E-state index is -2.52. The van der Waals surface area contributed by atoms with Crippen LogP contribution in [-0.2, 0) is 9.53 Å². The largest absolute Gasteiger partial charge is 0.481 e. The van der Waals surface area contributed by atoms with Gasteiger partial charge in [0, 0.05) is 30.2 Å². The summed E-state index contributed by atoms with van der Waals surface area (Å²) in [4.78, 5) is 25.4. The predicted octanol–water partition coefficient (Wildman–Crippen LogP) is 2.71. The Morgan fingerprint density at radius 3 is 2.57 bits per heavy atom. The Morgan fingerprint density at radius 2 is 2.04 bits per heavy atom. The van der Waals surface area contributed by atoms with E-state index in [-0.39, 0.29) is 18.4 Å². The van der Waals surface area contributed by atoms with Crippen LogP contribution in [0.4, 0.5) is 8.78 Å². The van der Waals surface area contributed by atoms with Gasteiger partial charge in [0.2, 0.25) is 0 Å². The van der Waals surface area contributed by atoms with Crippen LogP contribution in [0.2, 0.25) is 0 Å². The Labute approximate surface area is 136 Å². The summed E-state index contributed by atoms with van der Waals surface area (Å²) >= 11 is 0.408. The molecule has 0 aromatic heterocycles. The lowest BCUT2D eigenvalue weighted by Gasteiger charge is -2.23. The lowest BCUT2D eigenvalue weighted by molar-refractivity contribution is -0.137. The first kappa shape index (κ1) is 17.7. The first-order valence-corrected chi connectivity index (χ1v) is 7.89. The second kappa shape index (κ2) is 7.74. The smallest absolute Gasteiger partial charge is 0.305 e. The van der Waals surface area contributed by atoms with Crippen molar-refractivity contribution in [2.45, 2.75) is 35.6 Å². The van der Waals surface area contributed by atoms with Gasteiger partial charge in [-0.25, -0.2) is 0 Å². The molecule has 8 heteroatoms. The van der Waals surface area contributed by atoms with Crippen LogP contribution in [0.25, 0.3) is 0 Å². The molecule has 1 aromatic rings. The van der Waals surface area contributed by atoms with Gasteiger partial charge in [-0.2, -0.15) is 8.78 Å². The molecule has 1 amide bonds. The highest BCUT2D eigenvalue weighted by atomic mass is 32.2. The molecule has 2 unspecified atom stereocenters. The minimum Gasteiger partial charge on any atom is -0.481 e. The number of hydrogen-bond donors (Lipinski definition) is 1. The van der Waals surface area contributed by atoms with E-state index in [2.05, 4.69) is 0 Å². The van der Waals surface area contributed by atoms with Gasteiger partial charge in [0.05, 0.1) is 12.5 Å². The molecule has 0 bridgehead atoms. The Morgan fingerprint density at radius 1 is 1.39 bits per heavy atom. The van der Waals surface area contributed by atoms with Crippen LogP contribution in [-0.4, -0.2) is 53.4 Å². The molecule has 1 saturated heterocycles. The summed E-state index contributed by atoms with van der Waals surface area (Å²) < 4.78 is 29.8. The zero-order chi connectivity index (χ0) is 17.0. The van der Waals surface area contributed by atoms with Gasteiger partial charge in [0.15, 0.2) is 0 Å². The summed E-state index contributed by atoms with van der Waals surface area (Å²) in [6.45, 7) is 0.320. The van der Waals surface area contributed by atoms with Gasteiger partial charge in [-0.05, 0) is 30.7 Å². The van der Waals surface area contributed by atoms with E-state index in [1.165, 1.54) is 36.3 Å². The number of amides is 1. The van der Waals surface area contributed by atoms with Crippen molar-refractivity contribution in [3.63, 3.8) is 0 Å². The summed E-state index contributed by atoms with van der Waals surface area (Å²) in [7, 11) is 1.52. The fourth-order valence-electron chi connectivity index (χ4n) is 2.63. The van der Waals surface area contributed by atoms with Crippen molar-refractivity contribution in [3.05, 3.63) is 29.8 Å². The van der Waals surface area contributed by atoms with Crippen LogP contribution in [0.3, 0.4) is 0 Å². The molecule has 2 rings (SSSR count). The number of ether oxygens (including phenoxy) is 1. The van der Waals surface area contributed by atoms with Crippen LogP contribution in [0.5, 0.6) is 0 Å². The Hall–Kier alpha value is -1.67. The normalized spacial score (nSPS) is 21.0. The van der Waals surface area contributed by atoms with E-state index in [9.17, 15) is 18.4 Å². The van der Waals surface area contributed by atoms with Gasteiger partial charge in [-0.15, -0.1) is 0 Å². The second-order valence-electron chi connectivity index (χ2n) is 5.21. The Balaban J connectivity index is 2.12. The standard InChI is InChI=1S/C15H17F2NO4S/c1-22-11-6-10(7-13(19)20)18(8-11)14(21)9-2-4-12(5-3-9)23-15(16)17/h2-5,10-11,15H,6-8H2,1H3,(H,19,20). The fraction of sp³-hybridized carbons (Fsp3) is 0.467. The number of hydrogen-bond acceptors (Lipinski definition) is 4. The average Bonchev–Trinajstić information content (AvgIpc) is 2.89. The topological polar surface area (TPSA) is 66.8 Å². The maximum absolute atomic E-state index is 12.6. The minimum absolute atomic E-state index is 0.148. The molecule has 1 heterocycles. The van der Waals surface area contributed by atoms with E-state index in [4.69, 9.17) is 9.84 Å². The highest BCUT2D eigenvalue weighted by molar-refractivity contribution is 7.99. The van der Waals surface area contributed by atoms with E-state index < -0.39 is 17.8 Å². The van der Waals surface area contributed by atoms with Gasteiger partial charge < -0.3 is 14.7 Å². The van der Waals surface area contributed by atoms with Crippen molar-refractivity contribution < 1.29 is 28.2 Å². The predicted molar refractivity (Wildman–Crippen MR) is 80.8 cm³/mol. The lowest BCUT2D eigenvalue weighted by Crippen LogP contribution is -2.37. The number of carboxylic acid groups (broad SMARTS) is 1. The van der Waals surface area contributed by atoms with Crippen molar-refractivity contribution >= 4 is 23.6 Å². The number of carboxylic acids is 1. The third-order valence-electron chi connectivity index (χ3n) is 3.71. The SMILES string of the molecule is COC1CC(CC(=O)O)N(C(=O)c2ccc(SC(F)F)cc2)C1. The maximum Gasteiger partial charge on any atom is 0.305 e. The van der Waals surface area contributed by atoms with Gasteiger partial charge in [0.25, 0.3) is 11.7 Å². The Kier molecular flexibility index (Phi) is 5.95. The molecule has 1 fully saturated rings. The monoisotopic (exact) mass is 345 g/mol. The molecule has 1 aromatic carbocycles. The number of benzene rings is 1. The Bertz CT molecular complexity index is 567. The van der Waals surface area contributed by atoms with E-state index in [1.807, 2.05) is 0 Å². The lowest BCUT2D eigenvalue weighted by atomic mass is 10.1. The van der Waals surface area contributed by atoms with Crippen LogP contribution in [0, 0.1) is 0 Å². The average molecular weight is 345 g/mol. The number of nitrogens with zero attached hydrogens (tertiary/aromatic N) is 1. The van der Waals surface area contributed by atoms with E-state index in [1.54, 1.807) is 0 Å². The summed E-state index contributed by atoms with van der Waals surface area (Å²) in [5.41, 5.74) is 0.343. The molecule has 2 atom stereocenters. The summed E-state index contributed by atoms with van der Waals surface area (Å²) in [6, 6.07) is 5.44. The summed E-state index contributed by atoms with van der Waals surface area (Å²) in [6.07, 6.45) is 0.121. The molecule has 1 aliphatic heterocycles. The van der Waals surface area contributed by atoms with Gasteiger partial charge >= 0.3 is 5.97 Å². The molecule has 0 radical (unpaired) electrons. The number of halogens is 2. The maximum atomic E-state index is 12.6. The third kappa shape index (κ3) is 4.65. The molecular weight excluding hydrogens is 328 g/mol. The quantitative estimate of drug-likeness (QED) is 0.803. The first-order valence-electron chi connectivity index (χ1n) is 7.01. The molecule has 23 heavy (non-hydrogen) atoms. The molecule has 0 spiro atoms. The number of carbonyl (C=O) groups is 2. The van der Waals surface area contributed by atoms with Crippen molar-refractivity contribution in [1.29, 1.82) is 0 Å². The zero-order valence-electron chi connectivity index (χ0n) is 12.4. The summed E-state index contributed by atoms with van der Waals surface area (Å²) in [5.74, 6) is -3.81. The van der Waals surface area contributed by atoms with E-state index in [0.29, 0.717) is 35.2 Å². The molecule has 0 aliphatic carbocycles. The number of thioether (sulfide) groups is 1. The molecular formula is C15H17F2NO4S. The molecule has 0 saturated carbocycles. The van der Waals surface area contributed by atoms with Crippen LogP contribution >= 0.6 is 11.8 Å². The fourth-order valence-corrected chi connectivity index (χ4v) is 3.13. The van der Waals surface area contributed by atoms with Gasteiger partial charge in [-0.3, -0.25) is 9.59 Å². The number of carbonyl (C=O) groups excluding carboxylic acids is 1. The number of likely N-dealkylation sites (tertiary alicyclic amines) is 1. The van der Waals surface area contributed by atoms with Crippen molar-refractivity contribution in [1.82, 2.24) is 4.90 Å². The third-order valence-corrected chi connectivity index (χ3v) is 4.43. The number of aliphatic carboxylic acids is 1. The summed E-state index contributed by atoms with van der Waals surface area (Å²) in [5, 5.41) is 8.97. The highest BCUT2D eigenvalue weighted by Gasteiger charge is 2.36. The number of alkyl halides is 2.